The van der Waals surface area contributed by atoms with Crippen molar-refractivity contribution in [3.05, 3.63) is 0 Å². The molecule has 1 saturated heterocycles. The highest BCUT2D eigenvalue weighted by atomic mass is 16.6. The number of hydrogen-bond acceptors (Lipinski definition) is 4. The molecule has 3 fully saturated rings. The molecule has 0 spiro atoms. The Labute approximate surface area is 113 Å². The van der Waals surface area contributed by atoms with Gasteiger partial charge in [0.25, 0.3) is 0 Å². The van der Waals surface area contributed by atoms with E-state index in [1.807, 2.05) is 13.8 Å². The van der Waals surface area contributed by atoms with E-state index >= 15 is 0 Å². The molecule has 0 aromatic heterocycles. The van der Waals surface area contributed by atoms with Crippen LogP contribution in [0.1, 0.15) is 46.5 Å². The van der Waals surface area contributed by atoms with Gasteiger partial charge >= 0.3 is 5.97 Å². The van der Waals surface area contributed by atoms with Crippen LogP contribution >= 0.6 is 0 Å². The molecule has 0 amide bonds. The molecule has 1 aliphatic heterocycles. The minimum atomic E-state index is -0.920. The molecule has 2 saturated carbocycles. The summed E-state index contributed by atoms with van der Waals surface area (Å²) in [5, 5.41) is 10.7. The summed E-state index contributed by atoms with van der Waals surface area (Å²) < 4.78 is 5.54. The van der Waals surface area contributed by atoms with Crippen molar-refractivity contribution in [1.82, 2.24) is 0 Å². The van der Waals surface area contributed by atoms with Gasteiger partial charge < -0.3 is 9.84 Å². The van der Waals surface area contributed by atoms with E-state index in [2.05, 4.69) is 0 Å². The van der Waals surface area contributed by atoms with Crippen molar-refractivity contribution in [3.63, 3.8) is 0 Å². The van der Waals surface area contributed by atoms with Gasteiger partial charge in [0.2, 0.25) is 0 Å². The third kappa shape index (κ3) is 1.62. The molecule has 0 aromatic carbocycles. The second-order valence-corrected chi connectivity index (χ2v) is 7.07. The van der Waals surface area contributed by atoms with Crippen LogP contribution in [-0.2, 0) is 14.3 Å². The Kier molecular flexibility index (Phi) is 2.63. The van der Waals surface area contributed by atoms with Crippen molar-refractivity contribution in [2.45, 2.75) is 58.2 Å². The Morgan fingerprint density at radius 3 is 2.63 bits per heavy atom. The zero-order valence-corrected chi connectivity index (χ0v) is 11.8. The average molecular weight is 266 g/mol. The van der Waals surface area contributed by atoms with Gasteiger partial charge in [-0.1, -0.05) is 13.8 Å². The summed E-state index contributed by atoms with van der Waals surface area (Å²) in [6, 6.07) is 0. The lowest BCUT2D eigenvalue weighted by atomic mass is 9.51. The van der Waals surface area contributed by atoms with Crippen LogP contribution < -0.4 is 0 Å². The van der Waals surface area contributed by atoms with Crippen LogP contribution in [0, 0.1) is 23.2 Å². The molecule has 6 atom stereocenters. The lowest BCUT2D eigenvalue weighted by molar-refractivity contribution is -0.186. The van der Waals surface area contributed by atoms with E-state index in [1.165, 1.54) is 0 Å². The first kappa shape index (κ1) is 13.1. The van der Waals surface area contributed by atoms with Crippen LogP contribution in [0.5, 0.6) is 0 Å². The van der Waals surface area contributed by atoms with Crippen molar-refractivity contribution in [3.8, 4) is 0 Å². The number of carbonyl (C=O) groups excluding carboxylic acids is 2. The molecule has 3 aliphatic rings. The summed E-state index contributed by atoms with van der Waals surface area (Å²) in [5.41, 5.74) is -1.45. The van der Waals surface area contributed by atoms with Gasteiger partial charge in [0.15, 0.2) is 0 Å². The highest BCUT2D eigenvalue weighted by Gasteiger charge is 2.63. The Balaban J connectivity index is 2.03. The summed E-state index contributed by atoms with van der Waals surface area (Å²) in [6.07, 6.45) is 2.21. The molecular weight excluding hydrogens is 244 g/mol. The number of hydrogen-bond donors (Lipinski definition) is 1. The zero-order chi connectivity index (χ0) is 14.0. The molecule has 1 N–H and O–H groups in total. The number of fused-ring (bicyclic) bond motifs is 3. The van der Waals surface area contributed by atoms with E-state index < -0.39 is 11.0 Å². The van der Waals surface area contributed by atoms with Crippen LogP contribution in [0.2, 0.25) is 0 Å². The predicted molar refractivity (Wildman–Crippen MR) is 68.2 cm³/mol. The van der Waals surface area contributed by atoms with Crippen LogP contribution in [0.15, 0.2) is 0 Å². The van der Waals surface area contributed by atoms with Crippen molar-refractivity contribution in [2.24, 2.45) is 23.2 Å². The van der Waals surface area contributed by atoms with Crippen LogP contribution in [0.25, 0.3) is 0 Å². The standard InChI is InChI=1S/C15H22O4/c1-8-9-4-6-14(2)10(16)5-7-15(3,18)12(14)11(9)19-13(8)17/h8-9,11-12,18H,4-7H2,1-3H3/t8-,9+,11+,12+,14+,15-/m0/s1. The van der Waals surface area contributed by atoms with E-state index in [0.29, 0.717) is 12.8 Å². The van der Waals surface area contributed by atoms with Gasteiger partial charge in [-0.3, -0.25) is 9.59 Å². The second kappa shape index (κ2) is 3.81. The van der Waals surface area contributed by atoms with E-state index in [4.69, 9.17) is 4.74 Å². The third-order valence-corrected chi connectivity index (χ3v) is 5.87. The molecule has 4 nitrogen and oxygen atoms in total. The van der Waals surface area contributed by atoms with Crippen molar-refractivity contribution < 1.29 is 19.4 Å². The molecule has 1 heterocycles. The van der Waals surface area contributed by atoms with Crippen molar-refractivity contribution in [2.75, 3.05) is 0 Å². The highest BCUT2D eigenvalue weighted by Crippen LogP contribution is 2.57. The van der Waals surface area contributed by atoms with Gasteiger partial charge in [-0.25, -0.2) is 0 Å². The van der Waals surface area contributed by atoms with Gasteiger partial charge in [-0.2, -0.15) is 0 Å². The fourth-order valence-electron chi connectivity index (χ4n) is 4.66. The summed E-state index contributed by atoms with van der Waals surface area (Å²) in [5.74, 6) is -0.162. The van der Waals surface area contributed by atoms with Gasteiger partial charge in [-0.05, 0) is 26.2 Å². The monoisotopic (exact) mass is 266 g/mol. The van der Waals surface area contributed by atoms with Gasteiger partial charge in [0, 0.05) is 23.7 Å². The number of rotatable bonds is 0. The third-order valence-electron chi connectivity index (χ3n) is 5.87. The maximum Gasteiger partial charge on any atom is 0.309 e. The lowest BCUT2D eigenvalue weighted by Crippen LogP contribution is -2.61. The van der Waals surface area contributed by atoms with E-state index in [0.717, 1.165) is 12.8 Å². The number of ether oxygens (including phenoxy) is 1. The van der Waals surface area contributed by atoms with E-state index in [1.54, 1.807) is 6.92 Å². The second-order valence-electron chi connectivity index (χ2n) is 7.07. The Bertz CT molecular complexity index is 441. The molecule has 0 aromatic rings. The zero-order valence-electron chi connectivity index (χ0n) is 11.8. The van der Waals surface area contributed by atoms with Gasteiger partial charge in [0.1, 0.15) is 11.9 Å². The maximum absolute atomic E-state index is 12.3. The molecule has 106 valence electrons. The summed E-state index contributed by atoms with van der Waals surface area (Å²) >= 11 is 0. The minimum absolute atomic E-state index is 0.109. The van der Waals surface area contributed by atoms with Crippen LogP contribution in [-0.4, -0.2) is 28.6 Å². The smallest absolute Gasteiger partial charge is 0.309 e. The topological polar surface area (TPSA) is 63.6 Å². The van der Waals surface area contributed by atoms with Crippen molar-refractivity contribution >= 4 is 11.8 Å². The fourth-order valence-corrected chi connectivity index (χ4v) is 4.66. The number of carbonyl (C=O) groups is 2. The number of Topliss-reactive ketones (excluding diaryl/α,β-unsaturated/α-hetero) is 1. The molecule has 0 unspecified atom stereocenters. The van der Waals surface area contributed by atoms with Crippen molar-refractivity contribution in [1.29, 1.82) is 0 Å². The Morgan fingerprint density at radius 1 is 1.26 bits per heavy atom. The van der Waals surface area contributed by atoms with Crippen LogP contribution in [0.4, 0.5) is 0 Å². The number of esters is 1. The fraction of sp³-hybridized carbons (Fsp3) is 0.867. The quantitative estimate of drug-likeness (QED) is 0.678. The van der Waals surface area contributed by atoms with Gasteiger partial charge in [0.05, 0.1) is 11.5 Å². The van der Waals surface area contributed by atoms with E-state index in [9.17, 15) is 14.7 Å². The normalized spacial score (nSPS) is 53.5. The summed E-state index contributed by atoms with van der Waals surface area (Å²) in [4.78, 5) is 24.2. The largest absolute Gasteiger partial charge is 0.461 e. The number of ketones is 1. The summed E-state index contributed by atoms with van der Waals surface area (Å²) in [6.45, 7) is 5.64. The molecule has 0 bridgehead atoms. The maximum atomic E-state index is 12.3. The molecular formula is C15H22O4. The lowest BCUT2D eigenvalue weighted by Gasteiger charge is -2.54. The Morgan fingerprint density at radius 2 is 1.95 bits per heavy atom. The van der Waals surface area contributed by atoms with E-state index in [-0.39, 0.29) is 35.6 Å². The van der Waals surface area contributed by atoms with Gasteiger partial charge in [-0.15, -0.1) is 0 Å². The molecule has 4 heteroatoms. The summed E-state index contributed by atoms with van der Waals surface area (Å²) in [7, 11) is 0. The molecule has 3 rings (SSSR count). The molecule has 2 aliphatic carbocycles. The first-order valence-electron chi connectivity index (χ1n) is 7.23. The minimum Gasteiger partial charge on any atom is -0.461 e. The predicted octanol–water partition coefficient (Wildman–Crippen LogP) is 1.69. The van der Waals surface area contributed by atoms with Crippen LogP contribution in [0.3, 0.4) is 0 Å². The SMILES string of the molecule is C[C@@H]1C(=O)O[C@@H]2[C@@H]1CC[C@]1(C)C(=O)CC[C@](C)(O)[C@H]21. The first-order chi connectivity index (χ1) is 8.77. The molecule has 19 heavy (non-hydrogen) atoms. The molecule has 0 radical (unpaired) electrons. The first-order valence-corrected chi connectivity index (χ1v) is 7.23. The number of aliphatic hydroxyl groups is 1. The Hall–Kier alpha value is -0.900. The average Bonchev–Trinajstić information content (AvgIpc) is 2.60. The highest BCUT2D eigenvalue weighted by molar-refractivity contribution is 5.86.